The van der Waals surface area contributed by atoms with Crippen LogP contribution in [0.5, 0.6) is 11.5 Å². The molecule has 3 aromatic rings. The summed E-state index contributed by atoms with van der Waals surface area (Å²) in [6.07, 6.45) is 2.17. The molecular formula is C27H23N3O2. The van der Waals surface area contributed by atoms with Gasteiger partial charge >= 0.3 is 0 Å². The van der Waals surface area contributed by atoms with E-state index >= 15 is 0 Å². The van der Waals surface area contributed by atoms with Crippen molar-refractivity contribution in [1.82, 2.24) is 14.8 Å². The van der Waals surface area contributed by atoms with Crippen LogP contribution in [-0.2, 0) is 6.54 Å². The van der Waals surface area contributed by atoms with E-state index in [0.717, 1.165) is 51.5 Å². The van der Waals surface area contributed by atoms with E-state index in [2.05, 4.69) is 83.3 Å². The number of aromatic nitrogens is 3. The molecule has 0 saturated carbocycles. The molecule has 0 bridgehead atoms. The maximum absolute atomic E-state index is 5.88. The summed E-state index contributed by atoms with van der Waals surface area (Å²) < 4.78 is 14.0. The van der Waals surface area contributed by atoms with Crippen LogP contribution in [0.25, 0.3) is 33.4 Å². The van der Waals surface area contributed by atoms with Crippen LogP contribution in [0, 0.1) is 13.8 Å². The van der Waals surface area contributed by atoms with E-state index in [0.29, 0.717) is 13.2 Å². The Hall–Kier alpha value is -3.86. The molecule has 0 atom stereocenters. The molecule has 0 saturated heterocycles. The van der Waals surface area contributed by atoms with Gasteiger partial charge in [-0.3, -0.25) is 0 Å². The summed E-state index contributed by atoms with van der Waals surface area (Å²) in [7, 11) is 0. The van der Waals surface area contributed by atoms with E-state index in [9.17, 15) is 0 Å². The average molecular weight is 422 g/mol. The third kappa shape index (κ3) is 3.09. The molecule has 3 aliphatic heterocycles. The monoisotopic (exact) mass is 421 g/mol. The third-order valence-corrected chi connectivity index (χ3v) is 6.25. The van der Waals surface area contributed by atoms with E-state index in [-0.39, 0.29) is 0 Å². The summed E-state index contributed by atoms with van der Waals surface area (Å²) in [6, 6.07) is 21.0. The first-order chi connectivity index (χ1) is 15.7. The van der Waals surface area contributed by atoms with Gasteiger partial charge in [0, 0.05) is 35.3 Å². The van der Waals surface area contributed by atoms with Crippen LogP contribution in [0.3, 0.4) is 0 Å². The summed E-state index contributed by atoms with van der Waals surface area (Å²) in [5.41, 5.74) is 8.70. The molecule has 32 heavy (non-hydrogen) atoms. The smallest absolute Gasteiger partial charge is 0.163 e. The van der Waals surface area contributed by atoms with Crippen molar-refractivity contribution in [3.8, 4) is 34.0 Å². The molecule has 6 rings (SSSR count). The van der Waals surface area contributed by atoms with Crippen molar-refractivity contribution >= 4 is 10.9 Å². The lowest BCUT2D eigenvalue weighted by molar-refractivity contribution is 0.172. The number of nitrogens with zero attached hydrogens (tertiary/aromatic N) is 3. The van der Waals surface area contributed by atoms with Crippen molar-refractivity contribution in [2.24, 2.45) is 0 Å². The second-order valence-electron chi connectivity index (χ2n) is 8.37. The zero-order valence-electron chi connectivity index (χ0n) is 18.1. The Kier molecular flexibility index (Phi) is 4.35. The number of fused-ring (bicyclic) bond motifs is 4. The van der Waals surface area contributed by atoms with Gasteiger partial charge in [-0.2, -0.15) is 0 Å². The lowest BCUT2D eigenvalue weighted by Crippen LogP contribution is -2.15. The standard InChI is InChI=1S/C27H23N3O2/c1-17-8-9-20(12-18(17)2)26-22-16-30(15-19-6-4-3-5-7-19)23-14-25-24(31-10-11-32-25)13-21(23)27(22)29-28-26/h3-9,12-14,16H,10-11,15H2,1-2H3. The second-order valence-corrected chi connectivity index (χ2v) is 8.37. The molecule has 5 heteroatoms. The summed E-state index contributed by atoms with van der Waals surface area (Å²) >= 11 is 0. The highest BCUT2D eigenvalue weighted by molar-refractivity contribution is 5.99. The molecule has 3 aromatic carbocycles. The molecule has 5 nitrogen and oxygen atoms in total. The van der Waals surface area contributed by atoms with Gasteiger partial charge in [0.05, 0.1) is 5.52 Å². The first-order valence-electron chi connectivity index (χ1n) is 10.9. The molecule has 3 heterocycles. The van der Waals surface area contributed by atoms with Crippen LogP contribution in [0.1, 0.15) is 16.7 Å². The van der Waals surface area contributed by atoms with Crippen LogP contribution in [-0.4, -0.2) is 28.0 Å². The number of benzene rings is 3. The van der Waals surface area contributed by atoms with Gasteiger partial charge in [-0.25, -0.2) is 0 Å². The van der Waals surface area contributed by atoms with Crippen molar-refractivity contribution in [1.29, 1.82) is 0 Å². The largest absolute Gasteiger partial charge is 0.486 e. The molecular weight excluding hydrogens is 398 g/mol. The number of ether oxygens (including phenoxy) is 2. The zero-order chi connectivity index (χ0) is 21.7. The Morgan fingerprint density at radius 1 is 0.812 bits per heavy atom. The maximum atomic E-state index is 5.88. The van der Waals surface area contributed by atoms with Gasteiger partial charge < -0.3 is 14.0 Å². The fourth-order valence-corrected chi connectivity index (χ4v) is 4.38. The van der Waals surface area contributed by atoms with Crippen molar-refractivity contribution in [2.45, 2.75) is 20.4 Å². The Morgan fingerprint density at radius 3 is 2.34 bits per heavy atom. The molecule has 0 aliphatic carbocycles. The van der Waals surface area contributed by atoms with E-state index in [1.54, 1.807) is 0 Å². The predicted octanol–water partition coefficient (Wildman–Crippen LogP) is 5.64. The van der Waals surface area contributed by atoms with Crippen LogP contribution in [0.2, 0.25) is 0 Å². The lowest BCUT2D eigenvalue weighted by atomic mass is 9.98. The minimum Gasteiger partial charge on any atom is -0.486 e. The number of rotatable bonds is 3. The third-order valence-electron chi connectivity index (χ3n) is 6.25. The Bertz CT molecular complexity index is 1420. The van der Waals surface area contributed by atoms with Gasteiger partial charge in [-0.05, 0) is 42.7 Å². The molecule has 0 radical (unpaired) electrons. The second kappa shape index (κ2) is 7.38. The van der Waals surface area contributed by atoms with Gasteiger partial charge in [0.15, 0.2) is 11.5 Å². The zero-order valence-corrected chi connectivity index (χ0v) is 18.1. The van der Waals surface area contributed by atoms with Gasteiger partial charge in [0.25, 0.3) is 0 Å². The van der Waals surface area contributed by atoms with Gasteiger partial charge in [0.2, 0.25) is 0 Å². The number of pyridine rings is 1. The summed E-state index contributed by atoms with van der Waals surface area (Å²) in [5, 5.41) is 10.2. The molecule has 0 amide bonds. The highest BCUT2D eigenvalue weighted by Gasteiger charge is 2.23. The first-order valence-corrected chi connectivity index (χ1v) is 10.9. The molecule has 0 N–H and O–H groups in total. The molecule has 158 valence electrons. The highest BCUT2D eigenvalue weighted by atomic mass is 16.6. The van der Waals surface area contributed by atoms with Crippen molar-refractivity contribution in [2.75, 3.05) is 13.2 Å². The SMILES string of the molecule is Cc1ccc(-c2nnc3c4cc5c(cc4n(Cc4ccccc4)cc2-3)OCCO5)cc1C. The van der Waals surface area contributed by atoms with E-state index in [1.165, 1.54) is 16.7 Å². The van der Waals surface area contributed by atoms with Crippen molar-refractivity contribution < 1.29 is 9.47 Å². The highest BCUT2D eigenvalue weighted by Crippen LogP contribution is 2.42. The Labute approximate surface area is 186 Å². The fraction of sp³-hybridized carbons (Fsp3) is 0.185. The Morgan fingerprint density at radius 2 is 1.56 bits per heavy atom. The van der Waals surface area contributed by atoms with Crippen LogP contribution >= 0.6 is 0 Å². The van der Waals surface area contributed by atoms with Crippen molar-refractivity contribution in [3.63, 3.8) is 0 Å². The summed E-state index contributed by atoms with van der Waals surface area (Å²) in [4.78, 5) is 0. The van der Waals surface area contributed by atoms with E-state index < -0.39 is 0 Å². The average Bonchev–Trinajstić information content (AvgIpc) is 3.24. The molecule has 0 aromatic heterocycles. The minimum atomic E-state index is 0.555. The lowest BCUT2D eigenvalue weighted by Gasteiger charge is -2.21. The molecule has 3 aliphatic rings. The molecule has 0 unspecified atom stereocenters. The van der Waals surface area contributed by atoms with Gasteiger partial charge in [-0.1, -0.05) is 42.5 Å². The van der Waals surface area contributed by atoms with Crippen LogP contribution in [0.4, 0.5) is 0 Å². The number of aryl methyl sites for hydroxylation is 2. The van der Waals surface area contributed by atoms with E-state index in [1.807, 2.05) is 12.1 Å². The Balaban J connectivity index is 1.60. The maximum Gasteiger partial charge on any atom is 0.163 e. The first kappa shape index (κ1) is 18.9. The molecule has 0 spiro atoms. The predicted molar refractivity (Wildman–Crippen MR) is 126 cm³/mol. The molecule has 0 fully saturated rings. The topological polar surface area (TPSA) is 49.2 Å². The number of hydrogen-bond acceptors (Lipinski definition) is 4. The van der Waals surface area contributed by atoms with Crippen LogP contribution < -0.4 is 9.47 Å². The summed E-state index contributed by atoms with van der Waals surface area (Å²) in [6.45, 7) is 6.11. The van der Waals surface area contributed by atoms with Gasteiger partial charge in [0.1, 0.15) is 24.6 Å². The van der Waals surface area contributed by atoms with Crippen LogP contribution in [0.15, 0.2) is 66.9 Å². The normalized spacial score (nSPS) is 13.1. The van der Waals surface area contributed by atoms with Crippen molar-refractivity contribution in [3.05, 3.63) is 83.6 Å². The quantitative estimate of drug-likeness (QED) is 0.378. The number of hydrogen-bond donors (Lipinski definition) is 0. The minimum absolute atomic E-state index is 0.555. The van der Waals surface area contributed by atoms with E-state index in [4.69, 9.17) is 9.47 Å². The summed E-state index contributed by atoms with van der Waals surface area (Å²) in [5.74, 6) is 1.54. The fourth-order valence-electron chi connectivity index (χ4n) is 4.38. The van der Waals surface area contributed by atoms with Gasteiger partial charge in [-0.15, -0.1) is 10.2 Å².